The summed E-state index contributed by atoms with van der Waals surface area (Å²) < 4.78 is 5.73. The van der Waals surface area contributed by atoms with Gasteiger partial charge in [-0.2, -0.15) is 0 Å². The zero-order valence-corrected chi connectivity index (χ0v) is 9.73. The number of ether oxygens (including phenoxy) is 1. The van der Waals surface area contributed by atoms with Crippen molar-refractivity contribution in [2.24, 2.45) is 5.73 Å². The normalized spacial score (nSPS) is 12.7. The fourth-order valence-corrected chi connectivity index (χ4v) is 1.92. The molecule has 2 rings (SSSR count). The Balaban J connectivity index is 2.68. The van der Waals surface area contributed by atoms with E-state index in [-0.39, 0.29) is 6.04 Å². The van der Waals surface area contributed by atoms with Crippen molar-refractivity contribution in [2.45, 2.75) is 19.9 Å². The van der Waals surface area contributed by atoms with Crippen molar-refractivity contribution in [3.8, 4) is 5.75 Å². The first-order valence-electron chi connectivity index (χ1n) is 5.64. The van der Waals surface area contributed by atoms with Crippen molar-refractivity contribution < 1.29 is 4.74 Å². The number of hydrogen-bond donors (Lipinski definition) is 1. The van der Waals surface area contributed by atoms with Crippen LogP contribution in [-0.2, 0) is 0 Å². The Morgan fingerprint density at radius 2 is 1.94 bits per heavy atom. The SMILES string of the molecule is CCOc1c([C@@H](C)N)ccc2ccccc12. The van der Waals surface area contributed by atoms with E-state index >= 15 is 0 Å². The van der Waals surface area contributed by atoms with Crippen LogP contribution in [0.2, 0.25) is 0 Å². The second-order valence-electron chi connectivity index (χ2n) is 3.93. The lowest BCUT2D eigenvalue weighted by atomic mass is 10.0. The van der Waals surface area contributed by atoms with Gasteiger partial charge in [0.1, 0.15) is 5.75 Å². The lowest BCUT2D eigenvalue weighted by Gasteiger charge is -2.15. The molecule has 0 unspecified atom stereocenters. The topological polar surface area (TPSA) is 35.2 Å². The van der Waals surface area contributed by atoms with E-state index < -0.39 is 0 Å². The summed E-state index contributed by atoms with van der Waals surface area (Å²) in [6.45, 7) is 4.63. The summed E-state index contributed by atoms with van der Waals surface area (Å²) in [4.78, 5) is 0. The number of hydrogen-bond acceptors (Lipinski definition) is 2. The van der Waals surface area contributed by atoms with Gasteiger partial charge in [0.15, 0.2) is 0 Å². The maximum absolute atomic E-state index is 5.96. The van der Waals surface area contributed by atoms with E-state index in [0.717, 1.165) is 16.7 Å². The van der Waals surface area contributed by atoms with Crippen LogP contribution in [0, 0.1) is 0 Å². The summed E-state index contributed by atoms with van der Waals surface area (Å²) in [5.41, 5.74) is 7.03. The molecule has 2 nitrogen and oxygen atoms in total. The van der Waals surface area contributed by atoms with Crippen LogP contribution in [0.25, 0.3) is 10.8 Å². The minimum atomic E-state index is -0.00819. The summed E-state index contributed by atoms with van der Waals surface area (Å²) in [6, 6.07) is 12.4. The molecule has 84 valence electrons. The van der Waals surface area contributed by atoms with Gasteiger partial charge in [-0.1, -0.05) is 36.4 Å². The maximum Gasteiger partial charge on any atom is 0.131 e. The molecule has 0 aromatic heterocycles. The van der Waals surface area contributed by atoms with E-state index in [1.807, 2.05) is 26.0 Å². The van der Waals surface area contributed by atoms with Gasteiger partial charge >= 0.3 is 0 Å². The minimum Gasteiger partial charge on any atom is -0.493 e. The third-order valence-corrected chi connectivity index (χ3v) is 2.69. The number of fused-ring (bicyclic) bond motifs is 1. The largest absolute Gasteiger partial charge is 0.493 e. The fraction of sp³-hybridized carbons (Fsp3) is 0.286. The average molecular weight is 215 g/mol. The van der Waals surface area contributed by atoms with E-state index in [1.54, 1.807) is 0 Å². The van der Waals surface area contributed by atoms with Gasteiger partial charge in [-0.25, -0.2) is 0 Å². The van der Waals surface area contributed by atoms with Gasteiger partial charge in [0.2, 0.25) is 0 Å². The first-order valence-corrected chi connectivity index (χ1v) is 5.64. The van der Waals surface area contributed by atoms with Crippen molar-refractivity contribution >= 4 is 10.8 Å². The van der Waals surface area contributed by atoms with Crippen LogP contribution in [-0.4, -0.2) is 6.61 Å². The first-order chi connectivity index (χ1) is 7.74. The molecule has 0 heterocycles. The zero-order chi connectivity index (χ0) is 11.5. The smallest absolute Gasteiger partial charge is 0.131 e. The summed E-state index contributed by atoms with van der Waals surface area (Å²) in [5, 5.41) is 2.33. The summed E-state index contributed by atoms with van der Waals surface area (Å²) in [6.07, 6.45) is 0. The standard InChI is InChI=1S/C14H17NO/c1-3-16-14-12(10(2)15)9-8-11-6-4-5-7-13(11)14/h4-10H,3,15H2,1-2H3/t10-/m1/s1. The van der Waals surface area contributed by atoms with Crippen molar-refractivity contribution in [3.63, 3.8) is 0 Å². The predicted molar refractivity (Wildman–Crippen MR) is 67.7 cm³/mol. The van der Waals surface area contributed by atoms with Crippen LogP contribution in [0.5, 0.6) is 5.75 Å². The highest BCUT2D eigenvalue weighted by atomic mass is 16.5. The Kier molecular flexibility index (Phi) is 3.11. The molecule has 0 fully saturated rings. The van der Waals surface area contributed by atoms with Crippen LogP contribution in [0.1, 0.15) is 25.5 Å². The van der Waals surface area contributed by atoms with Crippen LogP contribution >= 0.6 is 0 Å². The number of rotatable bonds is 3. The molecule has 0 radical (unpaired) electrons. The fourth-order valence-electron chi connectivity index (χ4n) is 1.92. The molecule has 0 saturated carbocycles. The molecular weight excluding hydrogens is 198 g/mol. The second-order valence-corrected chi connectivity index (χ2v) is 3.93. The quantitative estimate of drug-likeness (QED) is 0.853. The Bertz CT molecular complexity index is 491. The molecule has 2 aromatic carbocycles. The Labute approximate surface area is 96.0 Å². The highest BCUT2D eigenvalue weighted by Gasteiger charge is 2.11. The maximum atomic E-state index is 5.96. The third-order valence-electron chi connectivity index (χ3n) is 2.69. The van der Waals surface area contributed by atoms with E-state index in [1.165, 1.54) is 5.39 Å². The molecular formula is C14H17NO. The van der Waals surface area contributed by atoms with Gasteiger partial charge in [0.05, 0.1) is 6.61 Å². The molecule has 2 N–H and O–H groups in total. The predicted octanol–water partition coefficient (Wildman–Crippen LogP) is 3.26. The molecule has 0 aliphatic rings. The molecule has 1 atom stereocenters. The molecule has 2 heteroatoms. The molecule has 0 aliphatic heterocycles. The summed E-state index contributed by atoms with van der Waals surface area (Å²) in [7, 11) is 0. The third kappa shape index (κ3) is 1.89. The second kappa shape index (κ2) is 4.54. The molecule has 0 spiro atoms. The van der Waals surface area contributed by atoms with E-state index in [0.29, 0.717) is 6.61 Å². The van der Waals surface area contributed by atoms with Crippen LogP contribution in [0.4, 0.5) is 0 Å². The van der Waals surface area contributed by atoms with Crippen molar-refractivity contribution in [1.29, 1.82) is 0 Å². The van der Waals surface area contributed by atoms with Crippen molar-refractivity contribution in [1.82, 2.24) is 0 Å². The Hall–Kier alpha value is -1.54. The van der Waals surface area contributed by atoms with E-state index in [9.17, 15) is 0 Å². The molecule has 2 aromatic rings. The Morgan fingerprint density at radius 1 is 1.19 bits per heavy atom. The average Bonchev–Trinajstić information content (AvgIpc) is 2.29. The number of benzene rings is 2. The van der Waals surface area contributed by atoms with Gasteiger partial charge in [-0.3, -0.25) is 0 Å². The van der Waals surface area contributed by atoms with Gasteiger partial charge in [-0.15, -0.1) is 0 Å². The Morgan fingerprint density at radius 3 is 2.62 bits per heavy atom. The van der Waals surface area contributed by atoms with Gasteiger partial charge < -0.3 is 10.5 Å². The molecule has 0 bridgehead atoms. The van der Waals surface area contributed by atoms with Crippen LogP contribution in [0.15, 0.2) is 36.4 Å². The van der Waals surface area contributed by atoms with E-state index in [4.69, 9.17) is 10.5 Å². The first kappa shape index (κ1) is 11.0. The molecule has 0 saturated heterocycles. The lowest BCUT2D eigenvalue weighted by molar-refractivity contribution is 0.339. The van der Waals surface area contributed by atoms with Gasteiger partial charge in [0, 0.05) is 17.0 Å². The van der Waals surface area contributed by atoms with E-state index in [2.05, 4.69) is 24.3 Å². The monoisotopic (exact) mass is 215 g/mol. The van der Waals surface area contributed by atoms with Crippen molar-refractivity contribution in [3.05, 3.63) is 42.0 Å². The highest BCUT2D eigenvalue weighted by molar-refractivity contribution is 5.89. The van der Waals surface area contributed by atoms with Gasteiger partial charge in [0.25, 0.3) is 0 Å². The molecule has 0 aliphatic carbocycles. The van der Waals surface area contributed by atoms with Crippen LogP contribution < -0.4 is 10.5 Å². The molecule has 0 amide bonds. The highest BCUT2D eigenvalue weighted by Crippen LogP contribution is 2.32. The summed E-state index contributed by atoms with van der Waals surface area (Å²) >= 11 is 0. The summed E-state index contributed by atoms with van der Waals surface area (Å²) in [5.74, 6) is 0.926. The number of nitrogens with two attached hydrogens (primary N) is 1. The van der Waals surface area contributed by atoms with Gasteiger partial charge in [-0.05, 0) is 19.2 Å². The zero-order valence-electron chi connectivity index (χ0n) is 9.73. The van der Waals surface area contributed by atoms with Crippen LogP contribution in [0.3, 0.4) is 0 Å². The molecule has 16 heavy (non-hydrogen) atoms. The van der Waals surface area contributed by atoms with Crippen molar-refractivity contribution in [2.75, 3.05) is 6.61 Å². The lowest BCUT2D eigenvalue weighted by Crippen LogP contribution is -2.08. The minimum absolute atomic E-state index is 0.00819.